The van der Waals surface area contributed by atoms with Crippen LogP contribution < -0.4 is 9.62 Å². The number of carbonyl (C=O) groups excluding carboxylic acids is 1. The summed E-state index contributed by atoms with van der Waals surface area (Å²) >= 11 is 0. The minimum atomic E-state index is -3.70. The lowest BCUT2D eigenvalue weighted by Crippen LogP contribution is -2.48. The van der Waals surface area contributed by atoms with Crippen molar-refractivity contribution in [1.29, 1.82) is 0 Å². The molecule has 1 aliphatic heterocycles. The molecule has 10 heteroatoms. The molecule has 0 unspecified atom stereocenters. The van der Waals surface area contributed by atoms with E-state index in [-0.39, 0.29) is 5.75 Å². The van der Waals surface area contributed by atoms with E-state index in [1.54, 1.807) is 24.3 Å². The average Bonchev–Trinajstić information content (AvgIpc) is 2.68. The second-order valence-electron chi connectivity index (χ2n) is 5.92. The third-order valence-electron chi connectivity index (χ3n) is 3.68. The van der Waals surface area contributed by atoms with Gasteiger partial charge < -0.3 is 10.4 Å². The van der Waals surface area contributed by atoms with Gasteiger partial charge in [0, 0.05) is 0 Å². The largest absolute Gasteiger partial charge is 0.390 e. The molecule has 1 aromatic rings. The number of aliphatic hydroxyl groups excluding tert-OH is 1. The predicted octanol–water partition coefficient (Wildman–Crippen LogP) is -0.965. The van der Waals surface area contributed by atoms with Crippen LogP contribution in [0.25, 0.3) is 0 Å². The summed E-state index contributed by atoms with van der Waals surface area (Å²) in [4.78, 5) is 12.1. The SMILES string of the molecule is Cc1ccc(N(CC(=O)N[C@@H]2CS(=O)(=O)C[C@H]2O)S(C)(=O)=O)cc1. The highest BCUT2D eigenvalue weighted by Gasteiger charge is 2.37. The summed E-state index contributed by atoms with van der Waals surface area (Å²) in [6.07, 6.45) is -0.209. The number of aryl methyl sites for hydroxylation is 1. The lowest BCUT2D eigenvalue weighted by molar-refractivity contribution is -0.120. The normalized spacial score (nSPS) is 23.0. The maximum Gasteiger partial charge on any atom is 0.241 e. The van der Waals surface area contributed by atoms with Crippen molar-refractivity contribution in [3.05, 3.63) is 29.8 Å². The molecule has 1 saturated heterocycles. The first-order chi connectivity index (χ1) is 11.0. The molecule has 2 atom stereocenters. The van der Waals surface area contributed by atoms with Crippen LogP contribution in [0.5, 0.6) is 0 Å². The van der Waals surface area contributed by atoms with Crippen molar-refractivity contribution < 1.29 is 26.7 Å². The quantitative estimate of drug-likeness (QED) is 0.682. The van der Waals surface area contributed by atoms with E-state index < -0.39 is 50.2 Å². The van der Waals surface area contributed by atoms with Crippen LogP contribution in [0.4, 0.5) is 5.69 Å². The number of rotatable bonds is 5. The van der Waals surface area contributed by atoms with Crippen LogP contribution in [0.1, 0.15) is 5.56 Å². The van der Waals surface area contributed by atoms with Crippen LogP contribution in [0.2, 0.25) is 0 Å². The molecule has 1 aliphatic rings. The molecule has 1 fully saturated rings. The van der Waals surface area contributed by atoms with Gasteiger partial charge in [0.2, 0.25) is 15.9 Å². The number of hydrogen-bond acceptors (Lipinski definition) is 6. The third kappa shape index (κ3) is 4.68. The molecule has 1 heterocycles. The average molecular weight is 376 g/mol. The van der Waals surface area contributed by atoms with Crippen LogP contribution in [0.15, 0.2) is 24.3 Å². The van der Waals surface area contributed by atoms with Gasteiger partial charge in [0.05, 0.1) is 35.6 Å². The number of nitrogens with zero attached hydrogens (tertiary/aromatic N) is 1. The monoisotopic (exact) mass is 376 g/mol. The van der Waals surface area contributed by atoms with E-state index >= 15 is 0 Å². The van der Waals surface area contributed by atoms with Gasteiger partial charge in [0.15, 0.2) is 9.84 Å². The highest BCUT2D eigenvalue weighted by molar-refractivity contribution is 7.92. The van der Waals surface area contributed by atoms with Gasteiger partial charge in [-0.15, -0.1) is 0 Å². The third-order valence-corrected chi connectivity index (χ3v) is 6.54. The number of hydrogen-bond donors (Lipinski definition) is 2. The van der Waals surface area contributed by atoms with Crippen LogP contribution in [-0.4, -0.2) is 64.3 Å². The Bertz CT molecular complexity index is 817. The molecule has 0 aliphatic carbocycles. The highest BCUT2D eigenvalue weighted by Crippen LogP contribution is 2.18. The standard InChI is InChI=1S/C14H20N2O6S2/c1-10-3-5-11(6-4-10)16(23(2,19)20)7-14(18)15-12-8-24(21,22)9-13(12)17/h3-6,12-13,17H,7-9H2,1-2H3,(H,15,18)/t12-,13-/m1/s1. The van der Waals surface area contributed by atoms with Gasteiger partial charge in [-0.25, -0.2) is 16.8 Å². The fourth-order valence-corrected chi connectivity index (χ4v) is 5.06. The van der Waals surface area contributed by atoms with Crippen molar-refractivity contribution in [2.75, 3.05) is 28.6 Å². The van der Waals surface area contributed by atoms with Gasteiger partial charge in [0.25, 0.3) is 0 Å². The number of sulfonamides is 1. The van der Waals surface area contributed by atoms with Crippen molar-refractivity contribution >= 4 is 31.5 Å². The van der Waals surface area contributed by atoms with E-state index in [0.29, 0.717) is 5.69 Å². The van der Waals surface area contributed by atoms with Crippen molar-refractivity contribution in [1.82, 2.24) is 5.32 Å². The fraction of sp³-hybridized carbons (Fsp3) is 0.500. The molecular formula is C14H20N2O6S2. The topological polar surface area (TPSA) is 121 Å². The first-order valence-corrected chi connectivity index (χ1v) is 10.9. The molecule has 0 aromatic heterocycles. The fourth-order valence-electron chi connectivity index (χ4n) is 2.46. The molecule has 0 radical (unpaired) electrons. The Morgan fingerprint density at radius 2 is 1.88 bits per heavy atom. The Morgan fingerprint density at radius 1 is 1.29 bits per heavy atom. The smallest absolute Gasteiger partial charge is 0.241 e. The molecule has 2 N–H and O–H groups in total. The highest BCUT2D eigenvalue weighted by atomic mass is 32.2. The number of anilines is 1. The van der Waals surface area contributed by atoms with Crippen molar-refractivity contribution in [2.45, 2.75) is 19.1 Å². The molecule has 0 spiro atoms. The Hall–Kier alpha value is -1.65. The van der Waals surface area contributed by atoms with E-state index in [2.05, 4.69) is 5.32 Å². The van der Waals surface area contributed by atoms with Gasteiger partial charge in [-0.2, -0.15) is 0 Å². The minimum absolute atomic E-state index is 0.331. The molecular weight excluding hydrogens is 356 g/mol. The van der Waals surface area contributed by atoms with Gasteiger partial charge in [-0.05, 0) is 19.1 Å². The molecule has 2 rings (SSSR count). The van der Waals surface area contributed by atoms with E-state index in [4.69, 9.17) is 0 Å². The van der Waals surface area contributed by atoms with Gasteiger partial charge in [-0.1, -0.05) is 17.7 Å². The van der Waals surface area contributed by atoms with Crippen LogP contribution in [0, 0.1) is 6.92 Å². The zero-order chi connectivity index (χ0) is 18.1. The minimum Gasteiger partial charge on any atom is -0.390 e. The van der Waals surface area contributed by atoms with Crippen molar-refractivity contribution in [3.63, 3.8) is 0 Å². The molecule has 24 heavy (non-hydrogen) atoms. The van der Waals surface area contributed by atoms with E-state index in [1.165, 1.54) is 0 Å². The second-order valence-corrected chi connectivity index (χ2v) is 9.98. The van der Waals surface area contributed by atoms with Crippen LogP contribution >= 0.6 is 0 Å². The Balaban J connectivity index is 2.13. The molecule has 8 nitrogen and oxygen atoms in total. The van der Waals surface area contributed by atoms with E-state index in [9.17, 15) is 26.7 Å². The summed E-state index contributed by atoms with van der Waals surface area (Å²) in [7, 11) is -7.10. The molecule has 1 amide bonds. The van der Waals surface area contributed by atoms with Gasteiger partial charge in [-0.3, -0.25) is 9.10 Å². The summed E-state index contributed by atoms with van der Waals surface area (Å²) in [5.41, 5.74) is 1.27. The number of nitrogens with one attached hydrogen (secondary N) is 1. The maximum absolute atomic E-state index is 12.1. The van der Waals surface area contributed by atoms with E-state index in [0.717, 1.165) is 16.1 Å². The lowest BCUT2D eigenvalue weighted by Gasteiger charge is -2.23. The number of aliphatic hydroxyl groups is 1. The Labute approximate surface area is 141 Å². The van der Waals surface area contributed by atoms with Crippen LogP contribution in [0.3, 0.4) is 0 Å². The predicted molar refractivity (Wildman–Crippen MR) is 90.0 cm³/mol. The van der Waals surface area contributed by atoms with Crippen molar-refractivity contribution in [2.24, 2.45) is 0 Å². The Kier molecular flexibility index (Phi) is 5.21. The number of carbonyl (C=O) groups is 1. The zero-order valence-corrected chi connectivity index (χ0v) is 15.0. The number of sulfone groups is 1. The number of benzene rings is 1. The summed E-state index contributed by atoms with van der Waals surface area (Å²) in [6.45, 7) is 1.36. The van der Waals surface area contributed by atoms with E-state index in [1.807, 2.05) is 6.92 Å². The zero-order valence-electron chi connectivity index (χ0n) is 13.3. The maximum atomic E-state index is 12.1. The summed E-state index contributed by atoms with van der Waals surface area (Å²) in [5, 5.41) is 12.1. The molecule has 0 saturated carbocycles. The number of amides is 1. The van der Waals surface area contributed by atoms with Crippen molar-refractivity contribution in [3.8, 4) is 0 Å². The summed E-state index contributed by atoms with van der Waals surface area (Å²) in [5.74, 6) is -1.45. The molecule has 0 bridgehead atoms. The molecule has 1 aromatic carbocycles. The summed E-state index contributed by atoms with van der Waals surface area (Å²) < 4.78 is 47.7. The second kappa shape index (κ2) is 6.69. The Morgan fingerprint density at radius 3 is 2.33 bits per heavy atom. The first-order valence-electron chi connectivity index (χ1n) is 7.20. The lowest BCUT2D eigenvalue weighted by atomic mass is 10.2. The first kappa shape index (κ1) is 18.7. The van der Waals surface area contributed by atoms with Gasteiger partial charge in [0.1, 0.15) is 6.54 Å². The molecule has 134 valence electrons. The summed E-state index contributed by atoms with van der Waals surface area (Å²) in [6, 6.07) is 5.68. The van der Waals surface area contributed by atoms with Crippen LogP contribution in [-0.2, 0) is 24.7 Å². The van der Waals surface area contributed by atoms with Gasteiger partial charge >= 0.3 is 0 Å².